The van der Waals surface area contributed by atoms with Crippen molar-refractivity contribution in [1.29, 1.82) is 0 Å². The van der Waals surface area contributed by atoms with Gasteiger partial charge in [-0.15, -0.1) is 0 Å². The van der Waals surface area contributed by atoms with Crippen molar-refractivity contribution in [3.8, 4) is 0 Å². The Labute approximate surface area is 170 Å². The van der Waals surface area contributed by atoms with E-state index in [1.54, 1.807) is 25.3 Å². The fourth-order valence-electron chi connectivity index (χ4n) is 2.65. The van der Waals surface area contributed by atoms with E-state index in [-0.39, 0.29) is 27.7 Å². The highest BCUT2D eigenvalue weighted by molar-refractivity contribution is 7.92. The number of carbonyl (C=O) groups excluding carboxylic acids is 1. The molecule has 0 saturated heterocycles. The third-order valence-corrected chi connectivity index (χ3v) is 6.55. The van der Waals surface area contributed by atoms with Crippen molar-refractivity contribution in [3.63, 3.8) is 0 Å². The number of nitrogens with one attached hydrogen (secondary N) is 2. The van der Waals surface area contributed by atoms with Gasteiger partial charge in [-0.2, -0.15) is 0 Å². The van der Waals surface area contributed by atoms with E-state index >= 15 is 0 Å². The minimum Gasteiger partial charge on any atom is -0.324 e. The Morgan fingerprint density at radius 1 is 1.17 bits per heavy atom. The van der Waals surface area contributed by atoms with E-state index in [1.807, 2.05) is 0 Å². The number of aryl methyl sites for hydroxylation is 2. The SMILES string of the molecule is Cc1ccc(NC(=O)Cn2c(C)csc2=O)cc1S(=O)(=O)Nc1ccccc1F. The number of hydrogen-bond acceptors (Lipinski definition) is 5. The molecule has 0 spiro atoms. The van der Waals surface area contributed by atoms with E-state index in [4.69, 9.17) is 0 Å². The molecule has 29 heavy (non-hydrogen) atoms. The van der Waals surface area contributed by atoms with Gasteiger partial charge in [-0.25, -0.2) is 12.8 Å². The summed E-state index contributed by atoms with van der Waals surface area (Å²) in [6.07, 6.45) is 0. The lowest BCUT2D eigenvalue weighted by molar-refractivity contribution is -0.116. The summed E-state index contributed by atoms with van der Waals surface area (Å²) in [4.78, 5) is 23.7. The summed E-state index contributed by atoms with van der Waals surface area (Å²) < 4.78 is 42.8. The number of thiazole rings is 1. The van der Waals surface area contributed by atoms with E-state index in [0.717, 1.165) is 17.4 Å². The third-order valence-electron chi connectivity index (χ3n) is 4.16. The average molecular weight is 436 g/mol. The number of para-hydroxylation sites is 1. The maximum absolute atomic E-state index is 13.8. The number of rotatable bonds is 6. The van der Waals surface area contributed by atoms with E-state index in [1.165, 1.54) is 34.9 Å². The quantitative estimate of drug-likeness (QED) is 0.622. The van der Waals surface area contributed by atoms with Crippen LogP contribution in [0.1, 0.15) is 11.3 Å². The van der Waals surface area contributed by atoms with Crippen LogP contribution in [0.4, 0.5) is 15.8 Å². The molecule has 0 aliphatic rings. The number of anilines is 2. The molecule has 3 rings (SSSR count). The molecule has 0 aliphatic carbocycles. The van der Waals surface area contributed by atoms with Gasteiger partial charge >= 0.3 is 4.87 Å². The number of nitrogens with zero attached hydrogens (tertiary/aromatic N) is 1. The molecule has 0 radical (unpaired) electrons. The number of carbonyl (C=O) groups is 1. The summed E-state index contributed by atoms with van der Waals surface area (Å²) >= 11 is 0.998. The molecule has 10 heteroatoms. The Hall–Kier alpha value is -2.98. The predicted molar refractivity (Wildman–Crippen MR) is 110 cm³/mol. The Morgan fingerprint density at radius 2 is 1.90 bits per heavy atom. The summed E-state index contributed by atoms with van der Waals surface area (Å²) in [5.74, 6) is -1.17. The lowest BCUT2D eigenvalue weighted by atomic mass is 10.2. The number of benzene rings is 2. The molecule has 1 aromatic heterocycles. The predicted octanol–water partition coefficient (Wildman–Crippen LogP) is 3.11. The fourth-order valence-corrected chi connectivity index (χ4v) is 4.72. The van der Waals surface area contributed by atoms with Gasteiger partial charge < -0.3 is 5.32 Å². The Balaban J connectivity index is 1.83. The number of hydrogen-bond donors (Lipinski definition) is 2. The summed E-state index contributed by atoms with van der Waals surface area (Å²) in [5.41, 5.74) is 1.16. The van der Waals surface area contributed by atoms with Crippen LogP contribution < -0.4 is 14.9 Å². The molecule has 2 N–H and O–H groups in total. The van der Waals surface area contributed by atoms with Crippen molar-refractivity contribution in [2.24, 2.45) is 0 Å². The van der Waals surface area contributed by atoms with E-state index in [0.29, 0.717) is 11.3 Å². The van der Waals surface area contributed by atoms with Gasteiger partial charge in [0.15, 0.2) is 0 Å². The summed E-state index contributed by atoms with van der Waals surface area (Å²) in [6, 6.07) is 9.81. The smallest absolute Gasteiger partial charge is 0.307 e. The molecule has 0 saturated carbocycles. The zero-order chi connectivity index (χ0) is 21.2. The van der Waals surface area contributed by atoms with Crippen molar-refractivity contribution in [3.05, 3.63) is 74.6 Å². The maximum Gasteiger partial charge on any atom is 0.307 e. The first-order chi connectivity index (χ1) is 13.7. The molecule has 152 valence electrons. The van der Waals surface area contributed by atoms with Crippen LogP contribution in [-0.2, 0) is 21.4 Å². The van der Waals surface area contributed by atoms with Crippen LogP contribution in [-0.4, -0.2) is 18.9 Å². The summed E-state index contributed by atoms with van der Waals surface area (Å²) in [6.45, 7) is 3.13. The van der Waals surface area contributed by atoms with Crippen LogP contribution in [0.15, 0.2) is 57.5 Å². The molecule has 3 aromatic rings. The van der Waals surface area contributed by atoms with Crippen LogP contribution in [0.3, 0.4) is 0 Å². The minimum absolute atomic E-state index is 0.0950. The minimum atomic E-state index is -4.08. The van der Waals surface area contributed by atoms with Crippen molar-refractivity contribution < 1.29 is 17.6 Å². The van der Waals surface area contributed by atoms with Crippen LogP contribution in [0, 0.1) is 19.7 Å². The van der Waals surface area contributed by atoms with E-state index in [2.05, 4.69) is 10.0 Å². The van der Waals surface area contributed by atoms with Gasteiger partial charge in [0.05, 0.1) is 10.6 Å². The summed E-state index contributed by atoms with van der Waals surface area (Å²) in [5, 5.41) is 4.24. The first-order valence-corrected chi connectivity index (χ1v) is 10.9. The Bertz CT molecular complexity index is 1230. The normalized spacial score (nSPS) is 11.3. The van der Waals surface area contributed by atoms with Crippen molar-refractivity contribution in [1.82, 2.24) is 4.57 Å². The highest BCUT2D eigenvalue weighted by atomic mass is 32.2. The lowest BCUT2D eigenvalue weighted by Crippen LogP contribution is -2.25. The van der Waals surface area contributed by atoms with Crippen molar-refractivity contribution in [2.45, 2.75) is 25.3 Å². The molecule has 0 aliphatic heterocycles. The standard InChI is InChI=1S/C19H18FN3O4S2/c1-12-7-8-14(21-18(24)10-23-13(2)11-28-19(23)25)9-17(12)29(26,27)22-16-6-4-3-5-15(16)20/h3-9,11,22H,10H2,1-2H3,(H,21,24). The molecule has 0 atom stereocenters. The fraction of sp³-hybridized carbons (Fsp3) is 0.158. The van der Waals surface area contributed by atoms with Gasteiger partial charge in [0.1, 0.15) is 12.4 Å². The number of halogens is 1. The monoisotopic (exact) mass is 435 g/mol. The highest BCUT2D eigenvalue weighted by Crippen LogP contribution is 2.24. The second-order valence-corrected chi connectivity index (χ2v) is 8.81. The number of amides is 1. The lowest BCUT2D eigenvalue weighted by Gasteiger charge is -2.13. The summed E-state index contributed by atoms with van der Waals surface area (Å²) in [7, 11) is -4.08. The molecule has 7 nitrogen and oxygen atoms in total. The van der Waals surface area contributed by atoms with Gasteiger partial charge in [0, 0.05) is 16.8 Å². The number of sulfonamides is 1. The first kappa shape index (κ1) is 20.7. The van der Waals surface area contributed by atoms with E-state index in [9.17, 15) is 22.4 Å². The largest absolute Gasteiger partial charge is 0.324 e. The molecule has 0 fully saturated rings. The first-order valence-electron chi connectivity index (χ1n) is 8.50. The molecule has 1 amide bonds. The molecular weight excluding hydrogens is 417 g/mol. The second-order valence-electron chi connectivity index (χ2n) is 6.34. The molecular formula is C19H18FN3O4S2. The third kappa shape index (κ3) is 4.72. The molecule has 0 bridgehead atoms. The zero-order valence-electron chi connectivity index (χ0n) is 15.6. The molecule has 0 unspecified atom stereocenters. The van der Waals surface area contributed by atoms with Crippen LogP contribution in [0.5, 0.6) is 0 Å². The second kappa shape index (κ2) is 8.18. The van der Waals surface area contributed by atoms with Gasteiger partial charge in [-0.05, 0) is 43.7 Å². The Morgan fingerprint density at radius 3 is 2.55 bits per heavy atom. The molecule has 2 aromatic carbocycles. The van der Waals surface area contributed by atoms with Crippen molar-refractivity contribution in [2.75, 3.05) is 10.0 Å². The van der Waals surface area contributed by atoms with Crippen LogP contribution in [0.2, 0.25) is 0 Å². The number of aromatic nitrogens is 1. The van der Waals surface area contributed by atoms with E-state index < -0.39 is 21.7 Å². The molecule has 1 heterocycles. The van der Waals surface area contributed by atoms with Crippen LogP contribution >= 0.6 is 11.3 Å². The van der Waals surface area contributed by atoms with Crippen LogP contribution in [0.25, 0.3) is 0 Å². The van der Waals surface area contributed by atoms with Gasteiger partial charge in [0.25, 0.3) is 10.0 Å². The van der Waals surface area contributed by atoms with Gasteiger partial charge in [-0.1, -0.05) is 29.5 Å². The van der Waals surface area contributed by atoms with Crippen molar-refractivity contribution >= 4 is 38.6 Å². The average Bonchev–Trinajstić information content (AvgIpc) is 2.97. The van der Waals surface area contributed by atoms with Gasteiger partial charge in [-0.3, -0.25) is 18.9 Å². The zero-order valence-corrected chi connectivity index (χ0v) is 17.2. The van der Waals surface area contributed by atoms with Gasteiger partial charge in [0.2, 0.25) is 5.91 Å². The maximum atomic E-state index is 13.8. The highest BCUT2D eigenvalue weighted by Gasteiger charge is 2.20. The topological polar surface area (TPSA) is 97.3 Å². The Kier molecular flexibility index (Phi) is 5.85.